The Kier molecular flexibility index (Phi) is 8.15. The Balaban J connectivity index is 1.30. The zero-order valence-corrected chi connectivity index (χ0v) is 25.6. The molecule has 8 heteroatoms. The third-order valence-electron chi connectivity index (χ3n) is 7.94. The summed E-state index contributed by atoms with van der Waals surface area (Å²) in [5, 5.41) is 17.4. The fraction of sp³-hybridized carbons (Fsp3) is 0.278. The lowest BCUT2D eigenvalue weighted by Gasteiger charge is -2.20. The molecule has 1 amide bonds. The molecule has 0 aliphatic heterocycles. The van der Waals surface area contributed by atoms with Crippen LogP contribution in [0.3, 0.4) is 0 Å². The monoisotopic (exact) mass is 587 g/mol. The average molecular weight is 588 g/mol. The van der Waals surface area contributed by atoms with Crippen LogP contribution >= 0.6 is 0 Å². The number of furan rings is 1. The van der Waals surface area contributed by atoms with Crippen molar-refractivity contribution in [3.8, 4) is 16.9 Å². The molecule has 0 fully saturated rings. The molecule has 0 radical (unpaired) electrons. The molecule has 0 spiro atoms. The van der Waals surface area contributed by atoms with Gasteiger partial charge in [0, 0.05) is 23.9 Å². The smallest absolute Gasteiger partial charge is 0.255 e. The topological polar surface area (TPSA) is 95.1 Å². The predicted molar refractivity (Wildman–Crippen MR) is 173 cm³/mol. The number of aryl methyl sites for hydroxylation is 1. The van der Waals surface area contributed by atoms with Gasteiger partial charge in [-0.15, -0.1) is 5.10 Å². The van der Waals surface area contributed by atoms with Crippen molar-refractivity contribution in [2.45, 2.75) is 65.6 Å². The van der Waals surface area contributed by atoms with Crippen molar-refractivity contribution in [2.24, 2.45) is 0 Å². The van der Waals surface area contributed by atoms with E-state index in [0.29, 0.717) is 12.1 Å². The number of nitrogens with one attached hydrogen (secondary N) is 1. The minimum Gasteiger partial charge on any atom is -0.470 e. The number of tetrazole rings is 1. The minimum absolute atomic E-state index is 0.0511. The Bertz CT molecular complexity index is 1900. The molecule has 6 rings (SSSR count). The van der Waals surface area contributed by atoms with Gasteiger partial charge in [0.2, 0.25) is 0 Å². The zero-order valence-electron chi connectivity index (χ0n) is 25.6. The van der Waals surface area contributed by atoms with Gasteiger partial charge in [-0.3, -0.25) is 4.79 Å². The van der Waals surface area contributed by atoms with Crippen molar-refractivity contribution < 1.29 is 13.9 Å². The lowest BCUT2D eigenvalue weighted by molar-refractivity contribution is 0.0950. The highest BCUT2D eigenvalue weighted by atomic mass is 16.5. The summed E-state index contributed by atoms with van der Waals surface area (Å²) in [6.07, 6.45) is 4.26. The number of carbonyl (C=O) groups is 1. The van der Waals surface area contributed by atoms with Crippen molar-refractivity contribution in [1.29, 1.82) is 0 Å². The van der Waals surface area contributed by atoms with Gasteiger partial charge in [-0.05, 0) is 67.9 Å². The number of nitrogens with zero attached hydrogens (tertiary/aromatic N) is 4. The second-order valence-corrected chi connectivity index (χ2v) is 12.1. The van der Waals surface area contributed by atoms with Gasteiger partial charge in [0.05, 0.1) is 5.56 Å². The van der Waals surface area contributed by atoms with Crippen LogP contribution in [0.4, 0.5) is 0 Å². The number of rotatable bonds is 10. The Morgan fingerprint density at radius 3 is 2.55 bits per heavy atom. The summed E-state index contributed by atoms with van der Waals surface area (Å²) in [5.41, 5.74) is 5.76. The van der Waals surface area contributed by atoms with Gasteiger partial charge in [0.15, 0.2) is 6.73 Å². The molecule has 0 unspecified atom stereocenters. The van der Waals surface area contributed by atoms with Crippen molar-refractivity contribution >= 4 is 27.6 Å². The van der Waals surface area contributed by atoms with E-state index in [-0.39, 0.29) is 18.1 Å². The molecule has 0 saturated carbocycles. The van der Waals surface area contributed by atoms with Gasteiger partial charge < -0.3 is 14.5 Å². The largest absolute Gasteiger partial charge is 0.470 e. The van der Waals surface area contributed by atoms with Crippen LogP contribution in [-0.2, 0) is 25.1 Å². The van der Waals surface area contributed by atoms with E-state index in [4.69, 9.17) is 9.15 Å². The van der Waals surface area contributed by atoms with Crippen LogP contribution in [0.25, 0.3) is 32.9 Å². The fourth-order valence-electron chi connectivity index (χ4n) is 5.53. The van der Waals surface area contributed by atoms with E-state index in [9.17, 15) is 4.79 Å². The zero-order chi connectivity index (χ0) is 30.7. The number of hydrogen-bond acceptors (Lipinski definition) is 6. The maximum atomic E-state index is 13.5. The maximum Gasteiger partial charge on any atom is 0.255 e. The van der Waals surface area contributed by atoms with E-state index in [0.717, 1.165) is 69.2 Å². The van der Waals surface area contributed by atoms with E-state index in [1.807, 2.05) is 30.3 Å². The van der Waals surface area contributed by atoms with Gasteiger partial charge in [-0.25, -0.2) is 0 Å². The minimum atomic E-state index is -0.118. The molecule has 2 heterocycles. The molecule has 44 heavy (non-hydrogen) atoms. The van der Waals surface area contributed by atoms with Crippen molar-refractivity contribution in [3.63, 3.8) is 0 Å². The molecule has 0 aliphatic rings. The average Bonchev–Trinajstić information content (AvgIpc) is 3.69. The lowest BCUT2D eigenvalue weighted by atomic mass is 9.85. The number of benzene rings is 4. The third-order valence-corrected chi connectivity index (χ3v) is 7.94. The summed E-state index contributed by atoms with van der Waals surface area (Å²) < 4.78 is 13.8. The molecule has 2 aromatic heterocycles. The first-order valence-corrected chi connectivity index (χ1v) is 15.1. The van der Waals surface area contributed by atoms with Crippen molar-refractivity contribution in [1.82, 2.24) is 25.5 Å². The number of unbranched alkanes of at least 4 members (excludes halogenated alkanes) is 1. The number of amides is 1. The van der Waals surface area contributed by atoms with Gasteiger partial charge in [-0.2, -0.15) is 4.68 Å². The number of ether oxygens (including phenoxy) is 1. The fourth-order valence-corrected chi connectivity index (χ4v) is 5.53. The summed E-state index contributed by atoms with van der Waals surface area (Å²) in [7, 11) is 0. The number of fused-ring (bicyclic) bond motifs is 2. The summed E-state index contributed by atoms with van der Waals surface area (Å²) in [4.78, 5) is 13.5. The Labute approximate surface area is 257 Å². The first kappa shape index (κ1) is 29.1. The van der Waals surface area contributed by atoms with E-state index in [1.54, 1.807) is 4.68 Å². The first-order chi connectivity index (χ1) is 21.3. The van der Waals surface area contributed by atoms with Gasteiger partial charge in [-0.1, -0.05) is 94.8 Å². The van der Waals surface area contributed by atoms with Crippen LogP contribution in [0.15, 0.2) is 89.6 Å². The van der Waals surface area contributed by atoms with Crippen LogP contribution in [0.1, 0.15) is 67.8 Å². The number of carbonyl (C=O) groups excluding carboxylic acids is 1. The quantitative estimate of drug-likeness (QED) is 0.175. The molecule has 4 aromatic carbocycles. The molecular weight excluding hydrogens is 550 g/mol. The van der Waals surface area contributed by atoms with E-state index < -0.39 is 0 Å². The molecule has 0 atom stereocenters. The van der Waals surface area contributed by atoms with Gasteiger partial charge in [0.1, 0.15) is 23.4 Å². The molecular formula is C36H37N5O3. The third kappa shape index (κ3) is 6.06. The van der Waals surface area contributed by atoms with E-state index in [2.05, 4.69) is 97.1 Å². The van der Waals surface area contributed by atoms with Crippen LogP contribution < -0.4 is 10.1 Å². The molecule has 6 aromatic rings. The molecule has 8 nitrogen and oxygen atoms in total. The van der Waals surface area contributed by atoms with E-state index >= 15 is 0 Å². The first-order valence-electron chi connectivity index (χ1n) is 15.1. The van der Waals surface area contributed by atoms with Crippen LogP contribution in [0.2, 0.25) is 0 Å². The van der Waals surface area contributed by atoms with Crippen molar-refractivity contribution in [3.05, 3.63) is 108 Å². The van der Waals surface area contributed by atoms with Gasteiger partial charge in [0.25, 0.3) is 5.91 Å². The Hall–Kier alpha value is -4.98. The number of para-hydroxylation sites is 1. The Morgan fingerprint density at radius 1 is 0.977 bits per heavy atom. The highest BCUT2D eigenvalue weighted by molar-refractivity contribution is 6.07. The van der Waals surface area contributed by atoms with Crippen molar-refractivity contribution in [2.75, 3.05) is 0 Å². The number of aromatic nitrogens is 4. The van der Waals surface area contributed by atoms with E-state index in [1.165, 1.54) is 11.9 Å². The van der Waals surface area contributed by atoms with Crippen LogP contribution in [0.5, 0.6) is 5.75 Å². The number of hydrogen-bond donors (Lipinski definition) is 1. The van der Waals surface area contributed by atoms with Crippen LogP contribution in [0, 0.1) is 0 Å². The molecule has 0 aliphatic carbocycles. The highest BCUT2D eigenvalue weighted by Crippen LogP contribution is 2.39. The standard InChI is InChI=1S/C36H37N5O3/c1-5-6-10-32-34(29-9-7-8-11-30(29)44-32)35(42)37-21-24-12-18-28-26(20-24)15-19-31(43-23-41-22-38-39-40-41)33(28)25-13-16-27(17-14-25)36(2,3)4/h7-9,11-20,22H,5-6,10,21,23H2,1-4H3,(H,37,42). The summed E-state index contributed by atoms with van der Waals surface area (Å²) in [6, 6.07) is 26.7. The highest BCUT2D eigenvalue weighted by Gasteiger charge is 2.21. The predicted octanol–water partition coefficient (Wildman–Crippen LogP) is 7.85. The van der Waals surface area contributed by atoms with Gasteiger partial charge >= 0.3 is 0 Å². The Morgan fingerprint density at radius 2 is 1.80 bits per heavy atom. The second kappa shape index (κ2) is 12.3. The second-order valence-electron chi connectivity index (χ2n) is 12.1. The molecule has 1 N–H and O–H groups in total. The summed E-state index contributed by atoms with van der Waals surface area (Å²) >= 11 is 0. The molecule has 224 valence electrons. The van der Waals surface area contributed by atoms with Crippen LogP contribution in [-0.4, -0.2) is 26.1 Å². The summed E-state index contributed by atoms with van der Waals surface area (Å²) in [5.74, 6) is 1.37. The summed E-state index contributed by atoms with van der Waals surface area (Å²) in [6.45, 7) is 9.36. The molecule has 0 bridgehead atoms. The lowest BCUT2D eigenvalue weighted by Crippen LogP contribution is -2.23. The maximum absolute atomic E-state index is 13.5. The SMILES string of the molecule is CCCCc1oc2ccccc2c1C(=O)NCc1ccc2c(-c3ccc(C(C)(C)C)cc3)c(OCn3cnnn3)ccc2c1. The normalized spacial score (nSPS) is 11.7. The molecule has 0 saturated heterocycles.